The molecule has 2 unspecified atom stereocenters. The van der Waals surface area contributed by atoms with Crippen LogP contribution in [-0.2, 0) is 17.7 Å². The Morgan fingerprint density at radius 1 is 1.69 bits per heavy atom. The van der Waals surface area contributed by atoms with Crippen molar-refractivity contribution in [2.24, 2.45) is 5.73 Å². The Labute approximate surface area is 96.8 Å². The summed E-state index contributed by atoms with van der Waals surface area (Å²) in [7, 11) is 0. The summed E-state index contributed by atoms with van der Waals surface area (Å²) in [6.07, 6.45) is 1.92. The Balaban J connectivity index is 2.19. The highest BCUT2D eigenvalue weighted by molar-refractivity contribution is 5.14. The van der Waals surface area contributed by atoms with Gasteiger partial charge in [-0.05, 0) is 33.3 Å². The van der Waals surface area contributed by atoms with Gasteiger partial charge in [0.2, 0.25) is 0 Å². The van der Waals surface area contributed by atoms with Crippen molar-refractivity contribution in [2.75, 3.05) is 6.61 Å². The molecule has 1 aliphatic heterocycles. The van der Waals surface area contributed by atoms with E-state index in [0.29, 0.717) is 0 Å². The summed E-state index contributed by atoms with van der Waals surface area (Å²) in [6.45, 7) is 7.86. The first-order chi connectivity index (χ1) is 7.55. The monoisotopic (exact) mass is 223 g/mol. The van der Waals surface area contributed by atoms with Crippen LogP contribution in [0.3, 0.4) is 0 Å². The third kappa shape index (κ3) is 1.99. The van der Waals surface area contributed by atoms with Gasteiger partial charge < -0.3 is 10.5 Å². The Kier molecular flexibility index (Phi) is 3.04. The predicted octanol–water partition coefficient (Wildman–Crippen LogP) is 1.26. The molecular weight excluding hydrogens is 202 g/mol. The quantitative estimate of drug-likeness (QED) is 0.839. The molecule has 90 valence electrons. The average Bonchev–Trinajstić information content (AvgIpc) is 2.72. The second-order valence-electron chi connectivity index (χ2n) is 4.77. The van der Waals surface area contributed by atoms with E-state index in [-0.39, 0.29) is 11.6 Å². The van der Waals surface area contributed by atoms with Gasteiger partial charge in [-0.1, -0.05) is 0 Å². The van der Waals surface area contributed by atoms with E-state index in [1.807, 2.05) is 11.6 Å². The minimum atomic E-state index is -0.223. The molecule has 4 nitrogen and oxygen atoms in total. The molecule has 4 heteroatoms. The van der Waals surface area contributed by atoms with Crippen molar-refractivity contribution in [3.05, 3.63) is 17.5 Å². The Morgan fingerprint density at radius 3 is 3.00 bits per heavy atom. The van der Waals surface area contributed by atoms with Crippen LogP contribution in [0.4, 0.5) is 0 Å². The maximum absolute atomic E-state index is 6.40. The molecule has 1 fully saturated rings. The lowest BCUT2D eigenvalue weighted by atomic mass is 9.88. The van der Waals surface area contributed by atoms with Gasteiger partial charge in [-0.25, -0.2) is 0 Å². The molecule has 1 aromatic rings. The summed E-state index contributed by atoms with van der Waals surface area (Å²) >= 11 is 0. The van der Waals surface area contributed by atoms with Crippen molar-refractivity contribution in [1.29, 1.82) is 0 Å². The number of rotatable bonds is 3. The number of aryl methyl sites for hydroxylation is 2. The molecule has 2 atom stereocenters. The molecule has 0 radical (unpaired) electrons. The minimum absolute atomic E-state index is 0.132. The predicted molar refractivity (Wildman–Crippen MR) is 63.3 cm³/mol. The fourth-order valence-corrected chi connectivity index (χ4v) is 2.38. The van der Waals surface area contributed by atoms with Crippen molar-refractivity contribution in [3.63, 3.8) is 0 Å². The molecule has 1 aliphatic rings. The Bertz CT molecular complexity index is 374. The minimum Gasteiger partial charge on any atom is -0.377 e. The second kappa shape index (κ2) is 4.18. The van der Waals surface area contributed by atoms with Gasteiger partial charge in [0, 0.05) is 30.8 Å². The molecule has 0 spiro atoms. The van der Waals surface area contributed by atoms with E-state index in [0.717, 1.165) is 31.7 Å². The summed E-state index contributed by atoms with van der Waals surface area (Å²) in [5, 5.41) is 4.45. The van der Waals surface area contributed by atoms with Crippen molar-refractivity contribution >= 4 is 0 Å². The SMILES string of the molecule is CCn1nc(C)cc1CC1(N)CCOC1C. The van der Waals surface area contributed by atoms with Gasteiger partial charge in [-0.15, -0.1) is 0 Å². The van der Waals surface area contributed by atoms with Crippen LogP contribution in [0.2, 0.25) is 0 Å². The fourth-order valence-electron chi connectivity index (χ4n) is 2.38. The van der Waals surface area contributed by atoms with E-state index >= 15 is 0 Å². The lowest BCUT2D eigenvalue weighted by molar-refractivity contribution is 0.0949. The zero-order valence-electron chi connectivity index (χ0n) is 10.4. The van der Waals surface area contributed by atoms with Crippen LogP contribution < -0.4 is 5.73 Å². The summed E-state index contributed by atoms with van der Waals surface area (Å²) in [6, 6.07) is 2.13. The first-order valence-electron chi connectivity index (χ1n) is 5.99. The van der Waals surface area contributed by atoms with Crippen molar-refractivity contribution in [2.45, 2.75) is 51.8 Å². The standard InChI is InChI=1S/C12H21N3O/c1-4-15-11(7-9(2)14-15)8-12(13)5-6-16-10(12)3/h7,10H,4-6,8,13H2,1-3H3. The van der Waals surface area contributed by atoms with Crippen LogP contribution in [0.25, 0.3) is 0 Å². The number of nitrogens with zero attached hydrogens (tertiary/aromatic N) is 2. The molecule has 2 N–H and O–H groups in total. The number of nitrogens with two attached hydrogens (primary N) is 1. The van der Waals surface area contributed by atoms with Crippen LogP contribution in [0.5, 0.6) is 0 Å². The molecule has 0 aromatic carbocycles. The highest BCUT2D eigenvalue weighted by atomic mass is 16.5. The zero-order valence-corrected chi connectivity index (χ0v) is 10.4. The van der Waals surface area contributed by atoms with Gasteiger partial charge >= 0.3 is 0 Å². The van der Waals surface area contributed by atoms with Gasteiger partial charge in [0.25, 0.3) is 0 Å². The molecule has 16 heavy (non-hydrogen) atoms. The highest BCUT2D eigenvalue weighted by Crippen LogP contribution is 2.27. The average molecular weight is 223 g/mol. The van der Waals surface area contributed by atoms with E-state index in [1.165, 1.54) is 5.69 Å². The van der Waals surface area contributed by atoms with E-state index in [9.17, 15) is 0 Å². The van der Waals surface area contributed by atoms with Crippen LogP contribution in [0, 0.1) is 6.92 Å². The van der Waals surface area contributed by atoms with Gasteiger partial charge in [-0.2, -0.15) is 5.10 Å². The van der Waals surface area contributed by atoms with E-state index < -0.39 is 0 Å². The third-order valence-corrected chi connectivity index (χ3v) is 3.54. The van der Waals surface area contributed by atoms with Crippen molar-refractivity contribution in [1.82, 2.24) is 9.78 Å². The highest BCUT2D eigenvalue weighted by Gasteiger charge is 2.38. The number of hydrogen-bond donors (Lipinski definition) is 1. The maximum Gasteiger partial charge on any atom is 0.0731 e. The Morgan fingerprint density at radius 2 is 2.44 bits per heavy atom. The molecule has 2 heterocycles. The largest absolute Gasteiger partial charge is 0.377 e. The van der Waals surface area contributed by atoms with Gasteiger partial charge in [0.15, 0.2) is 0 Å². The van der Waals surface area contributed by atoms with Gasteiger partial charge in [-0.3, -0.25) is 4.68 Å². The first-order valence-corrected chi connectivity index (χ1v) is 5.99. The Hall–Kier alpha value is -0.870. The topological polar surface area (TPSA) is 53.1 Å². The molecule has 1 saturated heterocycles. The molecule has 0 amide bonds. The van der Waals surface area contributed by atoms with Crippen LogP contribution >= 0.6 is 0 Å². The van der Waals surface area contributed by atoms with Gasteiger partial charge in [0.1, 0.15) is 0 Å². The number of hydrogen-bond acceptors (Lipinski definition) is 3. The molecule has 0 saturated carbocycles. The fraction of sp³-hybridized carbons (Fsp3) is 0.750. The maximum atomic E-state index is 6.40. The lowest BCUT2D eigenvalue weighted by Gasteiger charge is -2.27. The summed E-state index contributed by atoms with van der Waals surface area (Å²) in [5.41, 5.74) is 8.46. The number of aromatic nitrogens is 2. The summed E-state index contributed by atoms with van der Waals surface area (Å²) in [4.78, 5) is 0. The summed E-state index contributed by atoms with van der Waals surface area (Å²) in [5.74, 6) is 0. The third-order valence-electron chi connectivity index (χ3n) is 3.54. The van der Waals surface area contributed by atoms with E-state index in [1.54, 1.807) is 0 Å². The van der Waals surface area contributed by atoms with Crippen molar-refractivity contribution < 1.29 is 4.74 Å². The molecular formula is C12H21N3O. The number of ether oxygens (including phenoxy) is 1. The van der Waals surface area contributed by atoms with Crippen molar-refractivity contribution in [3.8, 4) is 0 Å². The molecule has 2 rings (SSSR count). The first kappa shape index (κ1) is 11.6. The summed E-state index contributed by atoms with van der Waals surface area (Å²) < 4.78 is 7.60. The van der Waals surface area contributed by atoms with Crippen LogP contribution in [0.15, 0.2) is 6.07 Å². The van der Waals surface area contributed by atoms with E-state index in [4.69, 9.17) is 10.5 Å². The lowest BCUT2D eigenvalue weighted by Crippen LogP contribution is -2.48. The van der Waals surface area contributed by atoms with Gasteiger partial charge in [0.05, 0.1) is 11.8 Å². The molecule has 0 aliphatic carbocycles. The van der Waals surface area contributed by atoms with Crippen LogP contribution in [0.1, 0.15) is 31.7 Å². The normalized spacial score (nSPS) is 29.9. The second-order valence-corrected chi connectivity index (χ2v) is 4.77. The van der Waals surface area contributed by atoms with E-state index in [2.05, 4.69) is 25.0 Å². The molecule has 1 aromatic heterocycles. The smallest absolute Gasteiger partial charge is 0.0731 e. The van der Waals surface area contributed by atoms with Crippen LogP contribution in [-0.4, -0.2) is 28.0 Å². The molecule has 0 bridgehead atoms. The zero-order chi connectivity index (χ0) is 11.8.